The molecule has 2 amide bonds. The Hall–Kier alpha value is -2.93. The molecule has 0 aliphatic carbocycles. The topological polar surface area (TPSA) is 55.8 Å². The number of thioether (sulfide) groups is 1. The second-order valence-electron chi connectivity index (χ2n) is 7.41. The minimum Gasteiger partial charge on any atom is -0.490 e. The summed E-state index contributed by atoms with van der Waals surface area (Å²) in [5.74, 6) is 0.789. The fraction of sp³-hybridized carbons (Fsp3) is 0.154. The fourth-order valence-electron chi connectivity index (χ4n) is 3.33. The quantitative estimate of drug-likeness (QED) is 0.298. The lowest BCUT2D eigenvalue weighted by Gasteiger charge is -2.14. The van der Waals surface area contributed by atoms with Gasteiger partial charge in [-0.25, -0.2) is 0 Å². The van der Waals surface area contributed by atoms with Crippen LogP contribution in [0, 0.1) is 0 Å². The maximum Gasteiger partial charge on any atom is 0.293 e. The predicted octanol–water partition coefficient (Wildman–Crippen LogP) is 7.21. The highest BCUT2D eigenvalue weighted by molar-refractivity contribution is 8.18. The average molecular weight is 514 g/mol. The van der Waals surface area contributed by atoms with Crippen LogP contribution < -0.4 is 9.47 Å². The van der Waals surface area contributed by atoms with Gasteiger partial charge in [0.1, 0.15) is 6.61 Å². The van der Waals surface area contributed by atoms with Crippen LogP contribution in [0.4, 0.5) is 4.79 Å². The van der Waals surface area contributed by atoms with Crippen LogP contribution in [-0.4, -0.2) is 22.7 Å². The summed E-state index contributed by atoms with van der Waals surface area (Å²) < 4.78 is 11.7. The Balaban J connectivity index is 1.51. The zero-order valence-corrected chi connectivity index (χ0v) is 20.6. The first-order valence-electron chi connectivity index (χ1n) is 10.6. The van der Waals surface area contributed by atoms with Crippen molar-refractivity contribution in [1.82, 2.24) is 4.90 Å². The van der Waals surface area contributed by atoms with E-state index in [1.165, 1.54) is 4.90 Å². The Bertz CT molecular complexity index is 1240. The van der Waals surface area contributed by atoms with Gasteiger partial charge in [-0.1, -0.05) is 59.6 Å². The molecule has 0 unspecified atom stereocenters. The van der Waals surface area contributed by atoms with Crippen molar-refractivity contribution in [1.29, 1.82) is 0 Å². The number of hydrogen-bond acceptors (Lipinski definition) is 5. The number of imide groups is 1. The molecule has 1 saturated heterocycles. The number of rotatable bonds is 8. The first kappa shape index (κ1) is 24.2. The van der Waals surface area contributed by atoms with Gasteiger partial charge in [0.2, 0.25) is 0 Å². The number of halogens is 2. The molecule has 0 aromatic heterocycles. The molecule has 0 spiro atoms. The molecule has 0 saturated carbocycles. The zero-order valence-electron chi connectivity index (χ0n) is 18.3. The van der Waals surface area contributed by atoms with E-state index in [0.29, 0.717) is 45.2 Å². The maximum absolute atomic E-state index is 12.9. The summed E-state index contributed by atoms with van der Waals surface area (Å²) in [5, 5.41) is 0.851. The van der Waals surface area contributed by atoms with Crippen molar-refractivity contribution in [3.8, 4) is 11.5 Å². The van der Waals surface area contributed by atoms with Crippen molar-refractivity contribution in [2.45, 2.75) is 20.1 Å². The fourth-order valence-corrected chi connectivity index (χ4v) is 4.49. The van der Waals surface area contributed by atoms with Crippen molar-refractivity contribution in [2.75, 3.05) is 6.61 Å². The van der Waals surface area contributed by atoms with E-state index in [-0.39, 0.29) is 17.7 Å². The van der Waals surface area contributed by atoms with Gasteiger partial charge in [0, 0.05) is 10.0 Å². The second kappa shape index (κ2) is 11.0. The molecule has 0 atom stereocenters. The van der Waals surface area contributed by atoms with E-state index >= 15 is 0 Å². The summed E-state index contributed by atoms with van der Waals surface area (Å²) in [6.07, 6.45) is 1.68. The normalized spacial score (nSPS) is 14.7. The van der Waals surface area contributed by atoms with E-state index in [1.54, 1.807) is 36.4 Å². The third-order valence-electron chi connectivity index (χ3n) is 5.03. The molecule has 4 rings (SSSR count). The van der Waals surface area contributed by atoms with E-state index in [1.807, 2.05) is 43.3 Å². The number of ether oxygens (including phenoxy) is 2. The smallest absolute Gasteiger partial charge is 0.293 e. The van der Waals surface area contributed by atoms with Gasteiger partial charge >= 0.3 is 0 Å². The highest BCUT2D eigenvalue weighted by Crippen LogP contribution is 2.36. The molecule has 1 fully saturated rings. The van der Waals surface area contributed by atoms with E-state index in [0.717, 1.165) is 22.9 Å². The second-order valence-corrected chi connectivity index (χ2v) is 9.25. The number of benzene rings is 3. The number of carbonyl (C=O) groups is 2. The summed E-state index contributed by atoms with van der Waals surface area (Å²) >= 11 is 13.0. The van der Waals surface area contributed by atoms with Crippen LogP contribution in [0.3, 0.4) is 0 Å². The minimum atomic E-state index is -0.351. The summed E-state index contributed by atoms with van der Waals surface area (Å²) in [5.41, 5.74) is 2.42. The van der Waals surface area contributed by atoms with Crippen molar-refractivity contribution >= 4 is 52.2 Å². The monoisotopic (exact) mass is 513 g/mol. The molecular formula is C26H21Cl2NO4S. The molecular weight excluding hydrogens is 493 g/mol. The standard InChI is InChI=1S/C26H21Cl2NO4S/c1-2-32-23-13-18(9-12-22(23)33-16-17-7-10-20(27)11-8-17)14-24-25(30)29(26(31)34-24)15-19-5-3-4-6-21(19)28/h3-14H,2,15-16H2,1H3/b24-14+. The SMILES string of the molecule is CCOc1cc(/C=C2/SC(=O)N(Cc3ccccc3Cl)C2=O)ccc1OCc1ccc(Cl)cc1. The number of hydrogen-bond donors (Lipinski definition) is 0. The average Bonchev–Trinajstić information content (AvgIpc) is 3.08. The Morgan fingerprint density at radius 3 is 2.44 bits per heavy atom. The molecule has 174 valence electrons. The molecule has 5 nitrogen and oxygen atoms in total. The summed E-state index contributed by atoms with van der Waals surface area (Å²) in [4.78, 5) is 26.9. The van der Waals surface area contributed by atoms with Gasteiger partial charge in [-0.05, 0) is 71.8 Å². The minimum absolute atomic E-state index is 0.128. The number of nitrogens with zero attached hydrogens (tertiary/aromatic N) is 1. The zero-order chi connectivity index (χ0) is 24.1. The van der Waals surface area contributed by atoms with Gasteiger partial charge in [0.05, 0.1) is 18.1 Å². The Morgan fingerprint density at radius 1 is 0.941 bits per heavy atom. The van der Waals surface area contributed by atoms with E-state index in [9.17, 15) is 9.59 Å². The molecule has 0 N–H and O–H groups in total. The molecule has 8 heteroatoms. The highest BCUT2D eigenvalue weighted by atomic mass is 35.5. The lowest BCUT2D eigenvalue weighted by atomic mass is 10.1. The summed E-state index contributed by atoms with van der Waals surface area (Å²) in [7, 11) is 0. The molecule has 0 radical (unpaired) electrons. The van der Waals surface area contributed by atoms with Crippen molar-refractivity contribution in [2.24, 2.45) is 0 Å². The highest BCUT2D eigenvalue weighted by Gasteiger charge is 2.35. The molecule has 1 aliphatic rings. The molecule has 1 aliphatic heterocycles. The molecule has 3 aromatic carbocycles. The first-order chi connectivity index (χ1) is 16.4. The summed E-state index contributed by atoms with van der Waals surface area (Å²) in [6.45, 7) is 2.83. The molecule has 0 bridgehead atoms. The van der Waals surface area contributed by atoms with Crippen molar-refractivity contribution in [3.63, 3.8) is 0 Å². The lowest BCUT2D eigenvalue weighted by Crippen LogP contribution is -2.27. The molecule has 1 heterocycles. The lowest BCUT2D eigenvalue weighted by molar-refractivity contribution is -0.123. The summed E-state index contributed by atoms with van der Waals surface area (Å²) in [6, 6.07) is 20.0. The molecule has 34 heavy (non-hydrogen) atoms. The van der Waals surface area contributed by atoms with Gasteiger partial charge in [0.15, 0.2) is 11.5 Å². The largest absolute Gasteiger partial charge is 0.490 e. The Morgan fingerprint density at radius 2 is 1.71 bits per heavy atom. The molecule has 3 aromatic rings. The predicted molar refractivity (Wildman–Crippen MR) is 136 cm³/mol. The number of carbonyl (C=O) groups excluding carboxylic acids is 2. The third kappa shape index (κ3) is 5.76. The van der Waals surface area contributed by atoms with Crippen molar-refractivity contribution < 1.29 is 19.1 Å². The Labute approximate surface area is 212 Å². The van der Waals surface area contributed by atoms with Crippen molar-refractivity contribution in [3.05, 3.63) is 98.4 Å². The van der Waals surface area contributed by atoms with Crippen LogP contribution in [0.5, 0.6) is 11.5 Å². The third-order valence-corrected chi connectivity index (χ3v) is 6.56. The van der Waals surface area contributed by atoms with Crippen LogP contribution in [-0.2, 0) is 17.9 Å². The van der Waals surface area contributed by atoms with Crippen LogP contribution in [0.2, 0.25) is 10.0 Å². The van der Waals surface area contributed by atoms with Crippen LogP contribution in [0.25, 0.3) is 6.08 Å². The van der Waals surface area contributed by atoms with Gasteiger partial charge in [-0.15, -0.1) is 0 Å². The van der Waals surface area contributed by atoms with Gasteiger partial charge in [-0.3, -0.25) is 14.5 Å². The Kier molecular flexibility index (Phi) is 7.83. The number of amides is 2. The van der Waals surface area contributed by atoms with Crippen LogP contribution in [0.15, 0.2) is 71.6 Å². The maximum atomic E-state index is 12.9. The van der Waals surface area contributed by atoms with Gasteiger partial charge in [-0.2, -0.15) is 0 Å². The van der Waals surface area contributed by atoms with E-state index in [2.05, 4.69) is 0 Å². The van der Waals surface area contributed by atoms with Crippen LogP contribution >= 0.6 is 35.0 Å². The van der Waals surface area contributed by atoms with E-state index in [4.69, 9.17) is 32.7 Å². The van der Waals surface area contributed by atoms with Gasteiger partial charge < -0.3 is 9.47 Å². The van der Waals surface area contributed by atoms with Gasteiger partial charge in [0.25, 0.3) is 11.1 Å². The van der Waals surface area contributed by atoms with Crippen LogP contribution in [0.1, 0.15) is 23.6 Å². The van der Waals surface area contributed by atoms with E-state index < -0.39 is 0 Å². The first-order valence-corrected chi connectivity index (χ1v) is 12.1.